The molecule has 0 N–H and O–H groups in total. The van der Waals surface area contributed by atoms with Crippen molar-refractivity contribution in [3.05, 3.63) is 29.3 Å². The SMILES string of the molecule is CCC(CBr)CN1C(=O)C(=O)c2cc(C(F)(F)F)ccc21. The minimum Gasteiger partial charge on any atom is -0.304 e. The number of halogens is 4. The van der Waals surface area contributed by atoms with E-state index < -0.39 is 23.4 Å². The summed E-state index contributed by atoms with van der Waals surface area (Å²) in [6.07, 6.45) is -3.74. The Morgan fingerprint density at radius 1 is 1.29 bits per heavy atom. The van der Waals surface area contributed by atoms with Crippen molar-refractivity contribution in [1.82, 2.24) is 0 Å². The minimum atomic E-state index is -4.53. The van der Waals surface area contributed by atoms with Gasteiger partial charge in [0.25, 0.3) is 11.7 Å². The summed E-state index contributed by atoms with van der Waals surface area (Å²) < 4.78 is 38.0. The molecule has 0 radical (unpaired) electrons. The first kappa shape index (κ1) is 16.0. The number of nitrogens with zero attached hydrogens (tertiary/aromatic N) is 1. The van der Waals surface area contributed by atoms with Crippen molar-refractivity contribution >= 4 is 33.3 Å². The summed E-state index contributed by atoms with van der Waals surface area (Å²) in [5, 5.41) is 0.650. The first-order valence-corrected chi connectivity index (χ1v) is 7.55. The Kier molecular flexibility index (Phi) is 4.41. The fourth-order valence-corrected chi connectivity index (χ4v) is 2.87. The molecular formula is C14H13BrF3NO2. The monoisotopic (exact) mass is 363 g/mol. The number of rotatable bonds is 4. The fourth-order valence-electron chi connectivity index (χ4n) is 2.20. The lowest BCUT2D eigenvalue weighted by atomic mass is 10.1. The van der Waals surface area contributed by atoms with E-state index in [0.717, 1.165) is 18.6 Å². The molecule has 0 spiro atoms. The van der Waals surface area contributed by atoms with Gasteiger partial charge >= 0.3 is 6.18 Å². The maximum absolute atomic E-state index is 12.7. The molecule has 1 aromatic carbocycles. The largest absolute Gasteiger partial charge is 0.416 e. The van der Waals surface area contributed by atoms with Crippen molar-refractivity contribution < 1.29 is 22.8 Å². The van der Waals surface area contributed by atoms with Crippen LogP contribution in [0.15, 0.2) is 18.2 Å². The first-order valence-electron chi connectivity index (χ1n) is 6.43. The predicted octanol–water partition coefficient (Wildman–Crippen LogP) is 3.66. The number of anilines is 1. The number of hydrogen-bond acceptors (Lipinski definition) is 2. The summed E-state index contributed by atoms with van der Waals surface area (Å²) in [4.78, 5) is 25.1. The van der Waals surface area contributed by atoms with Crippen LogP contribution in [0.2, 0.25) is 0 Å². The molecule has 1 heterocycles. The number of carbonyl (C=O) groups is 2. The predicted molar refractivity (Wildman–Crippen MR) is 75.7 cm³/mol. The van der Waals surface area contributed by atoms with Crippen LogP contribution in [-0.2, 0) is 11.0 Å². The van der Waals surface area contributed by atoms with Gasteiger partial charge < -0.3 is 4.90 Å². The Morgan fingerprint density at radius 3 is 2.48 bits per heavy atom. The summed E-state index contributed by atoms with van der Waals surface area (Å²) in [5.74, 6) is -1.50. The molecule has 0 aromatic heterocycles. The normalized spacial score (nSPS) is 16.3. The number of fused-ring (bicyclic) bond motifs is 1. The van der Waals surface area contributed by atoms with Gasteiger partial charge in [0.2, 0.25) is 0 Å². The van der Waals surface area contributed by atoms with E-state index in [4.69, 9.17) is 0 Å². The number of Topliss-reactive ketones (excluding diaryl/α,β-unsaturated/α-hetero) is 1. The number of carbonyl (C=O) groups excluding carboxylic acids is 2. The zero-order valence-corrected chi connectivity index (χ0v) is 12.8. The van der Waals surface area contributed by atoms with Crippen LogP contribution < -0.4 is 4.90 Å². The highest BCUT2D eigenvalue weighted by Crippen LogP contribution is 2.36. The average molecular weight is 364 g/mol. The van der Waals surface area contributed by atoms with Crippen LogP contribution in [0.1, 0.15) is 29.3 Å². The van der Waals surface area contributed by atoms with Crippen LogP contribution in [0, 0.1) is 5.92 Å². The van der Waals surface area contributed by atoms with E-state index in [9.17, 15) is 22.8 Å². The van der Waals surface area contributed by atoms with Crippen molar-refractivity contribution in [2.24, 2.45) is 5.92 Å². The van der Waals surface area contributed by atoms with Crippen molar-refractivity contribution in [2.75, 3.05) is 16.8 Å². The van der Waals surface area contributed by atoms with Crippen LogP contribution >= 0.6 is 15.9 Å². The molecule has 3 nitrogen and oxygen atoms in total. The third-order valence-electron chi connectivity index (χ3n) is 3.54. The number of benzene rings is 1. The molecule has 0 fully saturated rings. The molecule has 1 aliphatic rings. The van der Waals surface area contributed by atoms with Gasteiger partial charge in [-0.2, -0.15) is 13.2 Å². The Hall–Kier alpha value is -1.37. The number of amides is 1. The van der Waals surface area contributed by atoms with Gasteiger partial charge in [0.05, 0.1) is 16.8 Å². The molecule has 1 amide bonds. The maximum atomic E-state index is 12.7. The van der Waals surface area contributed by atoms with E-state index in [1.807, 2.05) is 6.92 Å². The molecule has 1 unspecified atom stereocenters. The van der Waals surface area contributed by atoms with Crippen LogP contribution in [0.5, 0.6) is 0 Å². The first-order chi connectivity index (χ1) is 9.79. The van der Waals surface area contributed by atoms with Gasteiger partial charge in [0, 0.05) is 11.9 Å². The average Bonchev–Trinajstić information content (AvgIpc) is 2.68. The molecule has 1 atom stereocenters. The number of ketones is 1. The lowest BCUT2D eigenvalue weighted by Gasteiger charge is -2.21. The van der Waals surface area contributed by atoms with Crippen LogP contribution in [0.25, 0.3) is 0 Å². The fraction of sp³-hybridized carbons (Fsp3) is 0.429. The second-order valence-corrected chi connectivity index (χ2v) is 5.55. The van der Waals surface area contributed by atoms with Gasteiger partial charge in [-0.05, 0) is 24.1 Å². The van der Waals surface area contributed by atoms with Crippen LogP contribution in [0.3, 0.4) is 0 Å². The topological polar surface area (TPSA) is 37.4 Å². The number of hydrogen-bond donors (Lipinski definition) is 0. The number of alkyl halides is 4. The van der Waals surface area contributed by atoms with Gasteiger partial charge in [-0.25, -0.2) is 0 Å². The molecule has 1 aliphatic heterocycles. The Morgan fingerprint density at radius 2 is 1.95 bits per heavy atom. The summed E-state index contributed by atoms with van der Waals surface area (Å²) >= 11 is 3.32. The molecule has 7 heteroatoms. The Labute approximate surface area is 128 Å². The lowest BCUT2D eigenvalue weighted by molar-refractivity contribution is -0.137. The summed E-state index contributed by atoms with van der Waals surface area (Å²) in [6, 6.07) is 2.85. The molecule has 114 valence electrons. The Balaban J connectivity index is 2.39. The third kappa shape index (κ3) is 2.97. The summed E-state index contributed by atoms with van der Waals surface area (Å²) in [7, 11) is 0. The molecule has 0 aliphatic carbocycles. The molecule has 0 saturated heterocycles. The van der Waals surface area contributed by atoms with Gasteiger partial charge in [-0.3, -0.25) is 9.59 Å². The standard InChI is InChI=1S/C14H13BrF3NO2/c1-2-8(6-15)7-19-11-4-3-9(14(16,17)18)5-10(11)12(20)13(19)21/h3-5,8H,2,6-7H2,1H3. The second kappa shape index (κ2) is 5.79. The maximum Gasteiger partial charge on any atom is 0.416 e. The van der Waals surface area contributed by atoms with Crippen molar-refractivity contribution in [3.63, 3.8) is 0 Å². The highest BCUT2D eigenvalue weighted by molar-refractivity contribution is 9.09. The smallest absolute Gasteiger partial charge is 0.304 e. The molecule has 0 bridgehead atoms. The van der Waals surface area contributed by atoms with Gasteiger partial charge in [0.15, 0.2) is 0 Å². The highest BCUT2D eigenvalue weighted by Gasteiger charge is 2.39. The van der Waals surface area contributed by atoms with Gasteiger partial charge in [0.1, 0.15) is 0 Å². The molecule has 2 rings (SSSR count). The van der Waals surface area contributed by atoms with E-state index >= 15 is 0 Å². The molecule has 0 saturated carbocycles. The highest BCUT2D eigenvalue weighted by atomic mass is 79.9. The zero-order chi connectivity index (χ0) is 15.8. The van der Waals surface area contributed by atoms with E-state index in [0.29, 0.717) is 11.9 Å². The second-order valence-electron chi connectivity index (χ2n) is 4.90. The van der Waals surface area contributed by atoms with Gasteiger partial charge in [-0.1, -0.05) is 29.3 Å². The Bertz CT molecular complexity index is 582. The van der Waals surface area contributed by atoms with E-state index in [1.165, 1.54) is 11.0 Å². The van der Waals surface area contributed by atoms with Crippen molar-refractivity contribution in [3.8, 4) is 0 Å². The summed E-state index contributed by atoms with van der Waals surface area (Å²) in [5.41, 5.74) is -0.826. The summed E-state index contributed by atoms with van der Waals surface area (Å²) in [6.45, 7) is 2.26. The molecule has 1 aromatic rings. The minimum absolute atomic E-state index is 0.134. The zero-order valence-electron chi connectivity index (χ0n) is 11.2. The lowest BCUT2D eigenvalue weighted by Crippen LogP contribution is -2.34. The van der Waals surface area contributed by atoms with E-state index in [1.54, 1.807) is 0 Å². The van der Waals surface area contributed by atoms with Crippen LogP contribution in [0.4, 0.5) is 18.9 Å². The molecular weight excluding hydrogens is 351 g/mol. The quantitative estimate of drug-likeness (QED) is 0.604. The van der Waals surface area contributed by atoms with E-state index in [-0.39, 0.29) is 17.2 Å². The third-order valence-corrected chi connectivity index (χ3v) is 4.45. The van der Waals surface area contributed by atoms with E-state index in [2.05, 4.69) is 15.9 Å². The van der Waals surface area contributed by atoms with Gasteiger partial charge in [-0.15, -0.1) is 0 Å². The molecule has 21 heavy (non-hydrogen) atoms. The van der Waals surface area contributed by atoms with Crippen LogP contribution in [-0.4, -0.2) is 23.6 Å². The van der Waals surface area contributed by atoms with Crippen molar-refractivity contribution in [1.29, 1.82) is 0 Å². The van der Waals surface area contributed by atoms with Crippen molar-refractivity contribution in [2.45, 2.75) is 19.5 Å².